The minimum absolute atomic E-state index is 0.115. The Balaban J connectivity index is 2.89. The van der Waals surface area contributed by atoms with Crippen molar-refractivity contribution in [2.75, 3.05) is 7.11 Å². The van der Waals surface area contributed by atoms with Crippen molar-refractivity contribution >= 4 is 17.3 Å². The first-order chi connectivity index (χ1) is 12.4. The highest BCUT2D eigenvalue weighted by atomic mass is 16.6. The van der Waals surface area contributed by atoms with Gasteiger partial charge < -0.3 is 10.1 Å². The number of benzene rings is 1. The number of nitrogens with zero attached hydrogens (tertiary/aromatic N) is 5. The van der Waals surface area contributed by atoms with Crippen molar-refractivity contribution in [2.45, 2.75) is 19.8 Å². The fourth-order valence-electron chi connectivity index (χ4n) is 2.92. The number of carbonyl (C=O) groups is 1. The Kier molecular flexibility index (Phi) is 5.25. The molecule has 1 aliphatic heterocycles. The number of esters is 1. The lowest BCUT2D eigenvalue weighted by molar-refractivity contribution is -0.384. The molecular formula is C16H14N6O4. The number of nitriles is 1. The normalized spacial score (nSPS) is 16.3. The molecule has 10 heteroatoms. The van der Waals surface area contributed by atoms with E-state index < -0.39 is 22.5 Å². The lowest BCUT2D eigenvalue weighted by atomic mass is 9.80. The van der Waals surface area contributed by atoms with E-state index in [1.807, 2.05) is 6.07 Å². The van der Waals surface area contributed by atoms with Gasteiger partial charge in [0.2, 0.25) is 0 Å². The van der Waals surface area contributed by atoms with E-state index in [9.17, 15) is 20.2 Å². The van der Waals surface area contributed by atoms with Gasteiger partial charge >= 0.3 is 5.97 Å². The number of nitro groups is 1. The van der Waals surface area contributed by atoms with E-state index in [-0.39, 0.29) is 22.4 Å². The van der Waals surface area contributed by atoms with Gasteiger partial charge in [-0.1, -0.05) is 17.2 Å². The Bertz CT molecular complexity index is 950. The molecule has 0 radical (unpaired) electrons. The third-order valence-corrected chi connectivity index (χ3v) is 3.98. The summed E-state index contributed by atoms with van der Waals surface area (Å²) < 4.78 is 4.81. The molecule has 0 saturated carbocycles. The van der Waals surface area contributed by atoms with Crippen LogP contribution in [0.15, 0.2) is 45.9 Å². The molecule has 26 heavy (non-hydrogen) atoms. The topological polar surface area (TPSA) is 154 Å². The standard InChI is InChI=1S/C16H14N6O4/c1-8-11(7-17)14(13(9(2)19-8)16(23)26-3)10-5-4-6-12(22(24)25)15(10)20-21-18/h4-6,14,19H,1-3H3. The van der Waals surface area contributed by atoms with Crippen LogP contribution in [0.2, 0.25) is 0 Å². The van der Waals surface area contributed by atoms with E-state index in [0.29, 0.717) is 11.4 Å². The van der Waals surface area contributed by atoms with Gasteiger partial charge in [0.1, 0.15) is 5.69 Å². The molecule has 1 heterocycles. The lowest BCUT2D eigenvalue weighted by Gasteiger charge is -2.28. The highest BCUT2D eigenvalue weighted by Gasteiger charge is 2.36. The molecule has 0 fully saturated rings. The van der Waals surface area contributed by atoms with E-state index in [1.165, 1.54) is 25.3 Å². The van der Waals surface area contributed by atoms with Gasteiger partial charge in [0.15, 0.2) is 0 Å². The predicted octanol–water partition coefficient (Wildman–Crippen LogP) is 3.47. The molecular weight excluding hydrogens is 340 g/mol. The highest BCUT2D eigenvalue weighted by Crippen LogP contribution is 2.45. The highest BCUT2D eigenvalue weighted by molar-refractivity contribution is 5.93. The van der Waals surface area contributed by atoms with Gasteiger partial charge in [-0.25, -0.2) is 4.79 Å². The molecule has 1 aliphatic rings. The van der Waals surface area contributed by atoms with Gasteiger partial charge in [-0.2, -0.15) is 5.26 Å². The lowest BCUT2D eigenvalue weighted by Crippen LogP contribution is -2.28. The Morgan fingerprint density at radius 1 is 1.46 bits per heavy atom. The minimum atomic E-state index is -0.964. The van der Waals surface area contributed by atoms with E-state index in [4.69, 9.17) is 10.3 Å². The smallest absolute Gasteiger partial charge is 0.336 e. The first-order valence-corrected chi connectivity index (χ1v) is 7.36. The molecule has 1 aromatic rings. The summed E-state index contributed by atoms with van der Waals surface area (Å²) in [5, 5.41) is 27.3. The van der Waals surface area contributed by atoms with E-state index in [2.05, 4.69) is 15.3 Å². The first kappa shape index (κ1) is 18.5. The number of methoxy groups -OCH3 is 1. The van der Waals surface area contributed by atoms with E-state index in [0.717, 1.165) is 0 Å². The van der Waals surface area contributed by atoms with Crippen molar-refractivity contribution in [3.63, 3.8) is 0 Å². The molecule has 0 saturated heterocycles. The van der Waals surface area contributed by atoms with Crippen molar-refractivity contribution in [1.82, 2.24) is 5.32 Å². The third kappa shape index (κ3) is 3.07. The summed E-state index contributed by atoms with van der Waals surface area (Å²) in [7, 11) is 1.19. The summed E-state index contributed by atoms with van der Waals surface area (Å²) in [5.41, 5.74) is 9.56. The fourth-order valence-corrected chi connectivity index (χ4v) is 2.92. The zero-order valence-electron chi connectivity index (χ0n) is 14.2. The summed E-state index contributed by atoms with van der Waals surface area (Å²) in [6.07, 6.45) is 0. The molecule has 2 rings (SSSR count). The van der Waals surface area contributed by atoms with Crippen molar-refractivity contribution < 1.29 is 14.5 Å². The molecule has 0 aliphatic carbocycles. The maximum Gasteiger partial charge on any atom is 0.336 e. The maximum absolute atomic E-state index is 12.3. The number of hydrogen-bond acceptors (Lipinski definition) is 7. The molecule has 132 valence electrons. The van der Waals surface area contributed by atoms with Crippen LogP contribution < -0.4 is 5.32 Å². The summed E-state index contributed by atoms with van der Waals surface area (Å²) in [6.45, 7) is 3.27. The van der Waals surface area contributed by atoms with Crippen molar-refractivity contribution in [3.8, 4) is 6.07 Å². The van der Waals surface area contributed by atoms with Gasteiger partial charge in [0.25, 0.3) is 5.69 Å². The van der Waals surface area contributed by atoms with Crippen LogP contribution in [0.5, 0.6) is 0 Å². The molecule has 10 nitrogen and oxygen atoms in total. The zero-order chi connectivity index (χ0) is 19.4. The summed E-state index contributed by atoms with van der Waals surface area (Å²) in [4.78, 5) is 25.6. The second kappa shape index (κ2) is 7.38. The van der Waals surface area contributed by atoms with Crippen LogP contribution in [-0.4, -0.2) is 18.0 Å². The molecule has 0 amide bonds. The average Bonchev–Trinajstić information content (AvgIpc) is 2.60. The number of carbonyl (C=O) groups excluding carboxylic acids is 1. The van der Waals surface area contributed by atoms with Crippen LogP contribution in [0.1, 0.15) is 25.3 Å². The monoisotopic (exact) mass is 354 g/mol. The Labute approximate surface area is 148 Å². The molecule has 0 spiro atoms. The van der Waals surface area contributed by atoms with Gasteiger partial charge in [0.05, 0.1) is 35.2 Å². The first-order valence-electron chi connectivity index (χ1n) is 7.36. The average molecular weight is 354 g/mol. The van der Waals surface area contributed by atoms with Crippen molar-refractivity contribution in [1.29, 1.82) is 5.26 Å². The van der Waals surface area contributed by atoms with Crippen LogP contribution >= 0.6 is 0 Å². The fraction of sp³-hybridized carbons (Fsp3) is 0.250. The van der Waals surface area contributed by atoms with E-state index >= 15 is 0 Å². The number of dihydropyridines is 1. The van der Waals surface area contributed by atoms with Crippen molar-refractivity contribution in [3.05, 3.63) is 66.9 Å². The van der Waals surface area contributed by atoms with Gasteiger partial charge in [0, 0.05) is 22.4 Å². The van der Waals surface area contributed by atoms with Crippen LogP contribution in [0.25, 0.3) is 10.4 Å². The van der Waals surface area contributed by atoms with Gasteiger partial charge in [-0.05, 0) is 24.9 Å². The largest absolute Gasteiger partial charge is 0.466 e. The Hall–Kier alpha value is -3.83. The SMILES string of the molecule is COC(=O)C1=C(C)NC(C)=C(C#N)C1c1cccc([N+](=O)[O-])c1N=[N+]=[N-]. The Morgan fingerprint density at radius 3 is 2.69 bits per heavy atom. The minimum Gasteiger partial charge on any atom is -0.466 e. The molecule has 0 aromatic heterocycles. The second-order valence-corrected chi connectivity index (χ2v) is 5.40. The van der Waals surface area contributed by atoms with Crippen LogP contribution in [0, 0.1) is 21.4 Å². The number of ether oxygens (including phenoxy) is 1. The van der Waals surface area contributed by atoms with Gasteiger partial charge in [-0.15, -0.1) is 0 Å². The molecule has 1 N–H and O–H groups in total. The predicted molar refractivity (Wildman–Crippen MR) is 90.8 cm³/mol. The Morgan fingerprint density at radius 2 is 2.15 bits per heavy atom. The number of nitrogens with one attached hydrogen (secondary N) is 1. The van der Waals surface area contributed by atoms with Crippen LogP contribution in [0.4, 0.5) is 11.4 Å². The third-order valence-electron chi connectivity index (χ3n) is 3.98. The summed E-state index contributed by atoms with van der Waals surface area (Å²) in [5.74, 6) is -1.66. The number of rotatable bonds is 4. The maximum atomic E-state index is 12.3. The van der Waals surface area contributed by atoms with Gasteiger partial charge in [-0.3, -0.25) is 10.1 Å². The number of hydrogen-bond donors (Lipinski definition) is 1. The number of azide groups is 1. The molecule has 1 aromatic carbocycles. The van der Waals surface area contributed by atoms with Crippen LogP contribution in [-0.2, 0) is 9.53 Å². The number of allylic oxidation sites excluding steroid dienone is 3. The zero-order valence-corrected chi connectivity index (χ0v) is 14.2. The number of nitro benzene ring substituents is 1. The van der Waals surface area contributed by atoms with Crippen LogP contribution in [0.3, 0.4) is 0 Å². The molecule has 0 bridgehead atoms. The van der Waals surface area contributed by atoms with E-state index in [1.54, 1.807) is 13.8 Å². The second-order valence-electron chi connectivity index (χ2n) is 5.40. The summed E-state index contributed by atoms with van der Waals surface area (Å²) >= 11 is 0. The molecule has 1 unspecified atom stereocenters. The molecule has 1 atom stereocenters. The summed E-state index contributed by atoms with van der Waals surface area (Å²) in [6, 6.07) is 6.09. The van der Waals surface area contributed by atoms with Crippen molar-refractivity contribution in [2.24, 2.45) is 5.11 Å². The quantitative estimate of drug-likeness (QED) is 0.218.